The predicted octanol–water partition coefficient (Wildman–Crippen LogP) is 2.00. The zero-order chi connectivity index (χ0) is 14.6. The molecule has 0 radical (unpaired) electrons. The number of rotatable bonds is 5. The quantitative estimate of drug-likeness (QED) is 0.665. The molecule has 1 fully saturated rings. The van der Waals surface area contributed by atoms with Gasteiger partial charge in [-0.25, -0.2) is 0 Å². The summed E-state index contributed by atoms with van der Waals surface area (Å²) in [7, 11) is 1.88. The summed E-state index contributed by atoms with van der Waals surface area (Å²) < 4.78 is 6.80. The van der Waals surface area contributed by atoms with Crippen LogP contribution in [0.25, 0.3) is 0 Å². The number of aryl methyl sites for hydroxylation is 1. The summed E-state index contributed by atoms with van der Waals surface area (Å²) in [5.74, 6) is 0.488. The summed E-state index contributed by atoms with van der Waals surface area (Å²) in [6.07, 6.45) is 6.48. The summed E-state index contributed by atoms with van der Waals surface area (Å²) in [6, 6.07) is 0. The molecular formula is C14H22N2O3S. The largest absolute Gasteiger partial charge is 0.466 e. The van der Waals surface area contributed by atoms with Crippen LogP contribution in [0.4, 0.5) is 0 Å². The molecule has 1 aliphatic carbocycles. The zero-order valence-electron chi connectivity index (χ0n) is 12.0. The highest BCUT2D eigenvalue weighted by Gasteiger charge is 2.36. The molecule has 0 aliphatic heterocycles. The minimum atomic E-state index is -0.677. The molecule has 1 heterocycles. The molecule has 112 valence electrons. The number of carbonyl (C=O) groups is 1. The maximum Gasteiger partial charge on any atom is 0.308 e. The van der Waals surface area contributed by atoms with Crippen LogP contribution >= 0.6 is 11.8 Å². The van der Waals surface area contributed by atoms with Crippen molar-refractivity contribution in [1.82, 2.24) is 9.78 Å². The van der Waals surface area contributed by atoms with Gasteiger partial charge in [0.2, 0.25) is 0 Å². The Bertz CT molecular complexity index is 453. The van der Waals surface area contributed by atoms with Crippen LogP contribution < -0.4 is 0 Å². The van der Waals surface area contributed by atoms with Crippen molar-refractivity contribution in [3.63, 3.8) is 0 Å². The van der Waals surface area contributed by atoms with Gasteiger partial charge in [-0.1, -0.05) is 0 Å². The summed E-state index contributed by atoms with van der Waals surface area (Å²) in [6.45, 7) is 2.25. The summed E-state index contributed by atoms with van der Waals surface area (Å²) in [5, 5.41) is 14.7. The predicted molar refractivity (Wildman–Crippen MR) is 77.5 cm³/mol. The van der Waals surface area contributed by atoms with Crippen molar-refractivity contribution in [3.8, 4) is 0 Å². The van der Waals surface area contributed by atoms with Crippen molar-refractivity contribution in [1.29, 1.82) is 0 Å². The van der Waals surface area contributed by atoms with Crippen LogP contribution in [0.15, 0.2) is 17.3 Å². The monoisotopic (exact) mass is 298 g/mol. The third-order valence-corrected chi connectivity index (χ3v) is 4.95. The number of aliphatic hydroxyl groups is 1. The van der Waals surface area contributed by atoms with Crippen LogP contribution in [0.1, 0.15) is 32.6 Å². The highest BCUT2D eigenvalue weighted by Crippen LogP contribution is 2.36. The van der Waals surface area contributed by atoms with Gasteiger partial charge in [0, 0.05) is 23.9 Å². The number of aromatic nitrogens is 2. The lowest BCUT2D eigenvalue weighted by Crippen LogP contribution is -2.38. The van der Waals surface area contributed by atoms with Crippen molar-refractivity contribution in [2.75, 3.05) is 12.4 Å². The van der Waals surface area contributed by atoms with Crippen LogP contribution in [0.2, 0.25) is 0 Å². The number of hydrogen-bond acceptors (Lipinski definition) is 5. The molecule has 0 atom stereocenters. The highest BCUT2D eigenvalue weighted by atomic mass is 32.2. The minimum absolute atomic E-state index is 0.0429. The van der Waals surface area contributed by atoms with Crippen LogP contribution in [-0.2, 0) is 16.6 Å². The van der Waals surface area contributed by atoms with Crippen LogP contribution in [0.3, 0.4) is 0 Å². The number of hydrogen-bond donors (Lipinski definition) is 1. The van der Waals surface area contributed by atoms with Gasteiger partial charge in [0.25, 0.3) is 0 Å². The van der Waals surface area contributed by atoms with E-state index in [0.29, 0.717) is 38.0 Å². The molecule has 1 saturated carbocycles. The van der Waals surface area contributed by atoms with Gasteiger partial charge in [-0.15, -0.1) is 11.8 Å². The van der Waals surface area contributed by atoms with E-state index < -0.39 is 5.60 Å². The van der Waals surface area contributed by atoms with Crippen molar-refractivity contribution in [2.45, 2.75) is 43.1 Å². The van der Waals surface area contributed by atoms with Crippen molar-refractivity contribution < 1.29 is 14.6 Å². The number of esters is 1. The molecule has 0 amide bonds. The van der Waals surface area contributed by atoms with E-state index >= 15 is 0 Å². The van der Waals surface area contributed by atoms with E-state index in [1.807, 2.05) is 20.2 Å². The fraction of sp³-hybridized carbons (Fsp3) is 0.714. The SMILES string of the molecule is CCOC(=O)C1CCC(O)(CSc2cnn(C)c2)CC1. The summed E-state index contributed by atoms with van der Waals surface area (Å²) in [4.78, 5) is 12.7. The van der Waals surface area contributed by atoms with E-state index in [1.54, 1.807) is 22.6 Å². The van der Waals surface area contributed by atoms with E-state index in [4.69, 9.17) is 4.74 Å². The maximum atomic E-state index is 11.7. The number of nitrogens with zero attached hydrogens (tertiary/aromatic N) is 2. The number of thioether (sulfide) groups is 1. The molecule has 20 heavy (non-hydrogen) atoms. The lowest BCUT2D eigenvalue weighted by Gasteiger charge is -2.34. The summed E-state index contributed by atoms with van der Waals surface area (Å²) in [5.41, 5.74) is -0.677. The van der Waals surface area contributed by atoms with Gasteiger partial charge in [0.05, 0.1) is 24.3 Å². The van der Waals surface area contributed by atoms with Crippen LogP contribution in [-0.4, -0.2) is 38.8 Å². The first-order chi connectivity index (χ1) is 9.52. The van der Waals surface area contributed by atoms with E-state index in [-0.39, 0.29) is 11.9 Å². The normalized spacial score (nSPS) is 26.4. The van der Waals surface area contributed by atoms with E-state index in [0.717, 1.165) is 4.90 Å². The molecule has 2 rings (SSSR count). The Balaban J connectivity index is 1.80. The van der Waals surface area contributed by atoms with Crippen molar-refractivity contribution in [2.24, 2.45) is 13.0 Å². The average Bonchev–Trinajstić information content (AvgIpc) is 2.84. The Morgan fingerprint density at radius 2 is 2.30 bits per heavy atom. The van der Waals surface area contributed by atoms with Gasteiger partial charge >= 0.3 is 5.97 Å². The van der Waals surface area contributed by atoms with Gasteiger partial charge in [-0.05, 0) is 32.6 Å². The molecule has 0 spiro atoms. The standard InChI is InChI=1S/C14H22N2O3S/c1-3-19-13(17)11-4-6-14(18,7-5-11)10-20-12-8-15-16(2)9-12/h8-9,11,18H,3-7,10H2,1-2H3. The number of ether oxygens (including phenoxy) is 1. The molecule has 0 saturated heterocycles. The molecule has 0 bridgehead atoms. The Morgan fingerprint density at radius 1 is 1.60 bits per heavy atom. The molecule has 1 aromatic rings. The fourth-order valence-electron chi connectivity index (χ4n) is 2.49. The molecule has 5 nitrogen and oxygen atoms in total. The Morgan fingerprint density at radius 3 is 2.85 bits per heavy atom. The molecule has 1 aromatic heterocycles. The third-order valence-electron chi connectivity index (χ3n) is 3.72. The molecular weight excluding hydrogens is 276 g/mol. The van der Waals surface area contributed by atoms with E-state index in [2.05, 4.69) is 5.10 Å². The molecule has 0 aromatic carbocycles. The lowest BCUT2D eigenvalue weighted by atomic mass is 9.80. The second kappa shape index (κ2) is 6.63. The smallest absolute Gasteiger partial charge is 0.308 e. The number of carbonyl (C=O) groups excluding carboxylic acids is 1. The van der Waals surface area contributed by atoms with Crippen molar-refractivity contribution in [3.05, 3.63) is 12.4 Å². The molecule has 1 N–H and O–H groups in total. The second-order valence-corrected chi connectivity index (χ2v) is 6.44. The van der Waals surface area contributed by atoms with Gasteiger partial charge < -0.3 is 9.84 Å². The van der Waals surface area contributed by atoms with E-state index in [1.165, 1.54) is 0 Å². The average molecular weight is 298 g/mol. The third kappa shape index (κ3) is 3.99. The first-order valence-corrected chi connectivity index (χ1v) is 8.01. The first-order valence-electron chi connectivity index (χ1n) is 7.03. The van der Waals surface area contributed by atoms with Crippen molar-refractivity contribution >= 4 is 17.7 Å². The topological polar surface area (TPSA) is 64.3 Å². The Hall–Kier alpha value is -1.01. The van der Waals surface area contributed by atoms with Gasteiger partial charge in [-0.3, -0.25) is 9.48 Å². The molecule has 6 heteroatoms. The van der Waals surface area contributed by atoms with Gasteiger partial charge in [0.15, 0.2) is 0 Å². The summed E-state index contributed by atoms with van der Waals surface area (Å²) >= 11 is 1.62. The maximum absolute atomic E-state index is 11.7. The Labute approximate surface area is 123 Å². The minimum Gasteiger partial charge on any atom is -0.466 e. The van der Waals surface area contributed by atoms with Gasteiger partial charge in [0.1, 0.15) is 0 Å². The molecule has 1 aliphatic rings. The van der Waals surface area contributed by atoms with Crippen LogP contribution in [0.5, 0.6) is 0 Å². The second-order valence-electron chi connectivity index (χ2n) is 5.39. The van der Waals surface area contributed by atoms with E-state index in [9.17, 15) is 9.90 Å². The van der Waals surface area contributed by atoms with Crippen LogP contribution in [0, 0.1) is 5.92 Å². The fourth-order valence-corrected chi connectivity index (χ4v) is 3.56. The highest BCUT2D eigenvalue weighted by molar-refractivity contribution is 7.99. The molecule has 0 unspecified atom stereocenters. The van der Waals surface area contributed by atoms with Gasteiger partial charge in [-0.2, -0.15) is 5.10 Å². The zero-order valence-corrected chi connectivity index (χ0v) is 12.9. The Kier molecular flexibility index (Phi) is 5.10. The lowest BCUT2D eigenvalue weighted by molar-refractivity contribution is -0.150. The first kappa shape index (κ1) is 15.4.